The second-order valence-electron chi connectivity index (χ2n) is 8.50. The second-order valence-corrected chi connectivity index (χ2v) is 10.6. The molecule has 1 N–H and O–H groups in total. The van der Waals surface area contributed by atoms with Crippen LogP contribution in [0.15, 0.2) is 59.5 Å². The number of sulfone groups is 1. The third-order valence-electron chi connectivity index (χ3n) is 5.84. The largest absolute Gasteiger partial charge is 0.482 e. The number of nitrogens with one attached hydrogen (secondary N) is 1. The first-order valence-electron chi connectivity index (χ1n) is 10.4. The van der Waals surface area contributed by atoms with Crippen LogP contribution in [0, 0.1) is 5.92 Å². The molecule has 2 heterocycles. The Kier molecular flexibility index (Phi) is 5.54. The molecule has 0 radical (unpaired) electrons. The van der Waals surface area contributed by atoms with E-state index in [1.165, 1.54) is 0 Å². The summed E-state index contributed by atoms with van der Waals surface area (Å²) in [5.41, 5.74) is 2.92. The number of hydrogen-bond acceptors (Lipinski definition) is 4. The lowest BCUT2D eigenvalue weighted by Crippen LogP contribution is -2.46. The minimum Gasteiger partial charge on any atom is -0.482 e. The van der Waals surface area contributed by atoms with Gasteiger partial charge in [-0.1, -0.05) is 44.2 Å². The molecule has 1 saturated heterocycles. The van der Waals surface area contributed by atoms with Crippen LogP contribution in [0.25, 0.3) is 5.57 Å². The summed E-state index contributed by atoms with van der Waals surface area (Å²) in [6.07, 6.45) is 4.77. The van der Waals surface area contributed by atoms with Gasteiger partial charge in [0.2, 0.25) is 0 Å². The molecule has 1 spiro atoms. The van der Waals surface area contributed by atoms with Crippen molar-refractivity contribution in [1.29, 1.82) is 0 Å². The van der Waals surface area contributed by atoms with Crippen molar-refractivity contribution >= 4 is 15.4 Å². The van der Waals surface area contributed by atoms with Gasteiger partial charge in [0, 0.05) is 18.4 Å². The van der Waals surface area contributed by atoms with E-state index in [4.69, 9.17) is 4.74 Å². The standard InChI is InChI=1S/C24H29NO3S/c1-18(2)11-16-29(26,27)20-9-7-19(8-10-20)22-17-24(12-14-25-15-13-24)28-23-6-4-3-5-21(22)23/h3-10,17-18,25H,11-16H2,1-2H3. The molecule has 2 aliphatic rings. The summed E-state index contributed by atoms with van der Waals surface area (Å²) in [7, 11) is -3.24. The molecule has 0 atom stereocenters. The summed E-state index contributed by atoms with van der Waals surface area (Å²) in [6, 6.07) is 15.5. The van der Waals surface area contributed by atoms with Crippen LogP contribution in [-0.2, 0) is 9.84 Å². The lowest BCUT2D eigenvalue weighted by atomic mass is 9.83. The average molecular weight is 412 g/mol. The molecule has 0 aromatic heterocycles. The smallest absolute Gasteiger partial charge is 0.178 e. The minimum atomic E-state index is -3.24. The predicted molar refractivity (Wildman–Crippen MR) is 117 cm³/mol. The third-order valence-corrected chi connectivity index (χ3v) is 7.60. The van der Waals surface area contributed by atoms with Crippen molar-refractivity contribution in [2.24, 2.45) is 5.92 Å². The maximum Gasteiger partial charge on any atom is 0.178 e. The van der Waals surface area contributed by atoms with Crippen molar-refractivity contribution in [2.75, 3.05) is 18.8 Å². The van der Waals surface area contributed by atoms with Gasteiger partial charge in [0.25, 0.3) is 0 Å². The van der Waals surface area contributed by atoms with E-state index in [1.54, 1.807) is 12.1 Å². The van der Waals surface area contributed by atoms with Crippen molar-refractivity contribution in [3.8, 4) is 5.75 Å². The first kappa shape index (κ1) is 20.2. The molecule has 0 amide bonds. The van der Waals surface area contributed by atoms with Gasteiger partial charge in [-0.2, -0.15) is 0 Å². The van der Waals surface area contributed by atoms with Crippen LogP contribution in [0.5, 0.6) is 5.75 Å². The molecule has 1 fully saturated rings. The number of piperidine rings is 1. The quantitative estimate of drug-likeness (QED) is 0.790. The van der Waals surface area contributed by atoms with Crippen LogP contribution in [0.4, 0.5) is 0 Å². The lowest BCUT2D eigenvalue weighted by Gasteiger charge is -2.40. The molecule has 0 saturated carbocycles. The van der Waals surface area contributed by atoms with Crippen LogP contribution in [0.1, 0.15) is 44.2 Å². The normalized spacial score (nSPS) is 18.2. The Morgan fingerprint density at radius 1 is 1.03 bits per heavy atom. The average Bonchev–Trinajstić information content (AvgIpc) is 2.72. The van der Waals surface area contributed by atoms with Crippen molar-refractivity contribution in [1.82, 2.24) is 5.32 Å². The summed E-state index contributed by atoms with van der Waals surface area (Å²) < 4.78 is 31.7. The molecule has 0 aliphatic carbocycles. The molecular weight excluding hydrogens is 382 g/mol. The number of ether oxygens (including phenoxy) is 1. The highest BCUT2D eigenvalue weighted by Crippen LogP contribution is 2.42. The molecule has 2 aromatic rings. The zero-order chi connectivity index (χ0) is 20.5. The highest BCUT2D eigenvalue weighted by atomic mass is 32.2. The molecule has 4 nitrogen and oxygen atoms in total. The van der Waals surface area contributed by atoms with E-state index in [2.05, 4.69) is 17.5 Å². The number of hydrogen-bond donors (Lipinski definition) is 1. The Balaban J connectivity index is 1.69. The zero-order valence-corrected chi connectivity index (χ0v) is 18.0. The highest BCUT2D eigenvalue weighted by molar-refractivity contribution is 7.91. The van der Waals surface area contributed by atoms with Gasteiger partial charge in [0.15, 0.2) is 9.84 Å². The Labute approximate surface area is 173 Å². The molecule has 2 aliphatic heterocycles. The van der Waals surface area contributed by atoms with E-state index in [9.17, 15) is 8.42 Å². The Morgan fingerprint density at radius 2 is 1.72 bits per heavy atom. The second kappa shape index (κ2) is 7.96. The predicted octanol–water partition coefficient (Wildman–Crippen LogP) is 4.45. The fraction of sp³-hybridized carbons (Fsp3) is 0.417. The van der Waals surface area contributed by atoms with Crippen molar-refractivity contribution in [3.63, 3.8) is 0 Å². The zero-order valence-electron chi connectivity index (χ0n) is 17.1. The summed E-state index contributed by atoms with van der Waals surface area (Å²) in [6.45, 7) is 5.95. The van der Waals surface area contributed by atoms with Crippen molar-refractivity contribution in [3.05, 3.63) is 65.7 Å². The molecular formula is C24H29NO3S. The maximum atomic E-state index is 12.6. The van der Waals surface area contributed by atoms with E-state index in [0.717, 1.165) is 48.4 Å². The van der Waals surface area contributed by atoms with Crippen molar-refractivity contribution in [2.45, 2.75) is 43.6 Å². The summed E-state index contributed by atoms with van der Waals surface area (Å²) >= 11 is 0. The highest BCUT2D eigenvalue weighted by Gasteiger charge is 2.36. The van der Waals surface area contributed by atoms with Crippen LogP contribution in [-0.4, -0.2) is 32.9 Å². The number of rotatable bonds is 5. The molecule has 2 aromatic carbocycles. The van der Waals surface area contributed by atoms with Crippen LogP contribution in [0.2, 0.25) is 0 Å². The molecule has 0 bridgehead atoms. The number of benzene rings is 2. The topological polar surface area (TPSA) is 55.4 Å². The number of para-hydroxylation sites is 1. The van der Waals surface area contributed by atoms with E-state index in [-0.39, 0.29) is 11.4 Å². The van der Waals surface area contributed by atoms with E-state index >= 15 is 0 Å². The van der Waals surface area contributed by atoms with Gasteiger partial charge >= 0.3 is 0 Å². The van der Waals surface area contributed by atoms with Gasteiger partial charge in [-0.15, -0.1) is 0 Å². The Morgan fingerprint density at radius 3 is 2.41 bits per heavy atom. The molecule has 29 heavy (non-hydrogen) atoms. The lowest BCUT2D eigenvalue weighted by molar-refractivity contribution is 0.0817. The summed E-state index contributed by atoms with van der Waals surface area (Å²) in [5, 5.41) is 3.40. The molecule has 154 valence electrons. The molecule has 5 heteroatoms. The number of fused-ring (bicyclic) bond motifs is 1. The summed E-state index contributed by atoms with van der Waals surface area (Å²) in [5.74, 6) is 1.47. The minimum absolute atomic E-state index is 0.194. The van der Waals surface area contributed by atoms with Gasteiger partial charge in [-0.25, -0.2) is 8.42 Å². The SMILES string of the molecule is CC(C)CCS(=O)(=O)c1ccc(C2=CC3(CCNCC3)Oc3ccccc32)cc1. The Bertz CT molecular complexity index is 1000. The van der Waals surface area contributed by atoms with E-state index in [1.807, 2.05) is 44.2 Å². The fourth-order valence-electron chi connectivity index (χ4n) is 4.05. The van der Waals surface area contributed by atoms with E-state index in [0.29, 0.717) is 17.2 Å². The summed E-state index contributed by atoms with van der Waals surface area (Å²) in [4.78, 5) is 0.402. The van der Waals surface area contributed by atoms with E-state index < -0.39 is 9.84 Å². The van der Waals surface area contributed by atoms with Gasteiger partial charge in [-0.3, -0.25) is 0 Å². The molecule has 4 rings (SSSR count). The van der Waals surface area contributed by atoms with Gasteiger partial charge in [0.05, 0.1) is 10.6 Å². The van der Waals surface area contributed by atoms with Crippen molar-refractivity contribution < 1.29 is 13.2 Å². The first-order valence-corrected chi connectivity index (χ1v) is 12.1. The van der Waals surface area contributed by atoms with Gasteiger partial charge < -0.3 is 10.1 Å². The Hall–Kier alpha value is -2.11. The van der Waals surface area contributed by atoms with Gasteiger partial charge in [0.1, 0.15) is 11.4 Å². The maximum absolute atomic E-state index is 12.6. The van der Waals surface area contributed by atoms with Gasteiger partial charge in [-0.05, 0) is 60.8 Å². The first-order chi connectivity index (χ1) is 13.9. The van der Waals surface area contributed by atoms with Crippen LogP contribution >= 0.6 is 0 Å². The third kappa shape index (κ3) is 4.26. The van der Waals surface area contributed by atoms with Crippen LogP contribution in [0.3, 0.4) is 0 Å². The molecule has 0 unspecified atom stereocenters. The van der Waals surface area contributed by atoms with Crippen LogP contribution < -0.4 is 10.1 Å². The monoisotopic (exact) mass is 411 g/mol. The fourth-order valence-corrected chi connectivity index (χ4v) is 5.62.